The number of aryl methyl sites for hydroxylation is 1. The van der Waals surface area contributed by atoms with Gasteiger partial charge in [0.1, 0.15) is 16.6 Å². The van der Waals surface area contributed by atoms with E-state index >= 15 is 0 Å². The first-order chi connectivity index (χ1) is 8.97. The quantitative estimate of drug-likeness (QED) is 0.842. The van der Waals surface area contributed by atoms with Crippen molar-refractivity contribution < 1.29 is 8.78 Å². The first kappa shape index (κ1) is 13.4. The Morgan fingerprint density at radius 3 is 2.42 bits per heavy atom. The number of hydrogen-bond donors (Lipinski definition) is 2. The lowest BCUT2D eigenvalue weighted by molar-refractivity contribution is 0.624. The summed E-state index contributed by atoms with van der Waals surface area (Å²) in [5, 5.41) is 2.81. The van der Waals surface area contributed by atoms with Crippen molar-refractivity contribution in [1.82, 2.24) is 0 Å². The number of rotatable bonds is 3. The molecule has 0 unspecified atom stereocenters. The van der Waals surface area contributed by atoms with Gasteiger partial charge in [-0.2, -0.15) is 0 Å². The number of nitrogens with two attached hydrogens (primary N) is 1. The third-order valence-electron chi connectivity index (χ3n) is 2.64. The van der Waals surface area contributed by atoms with Crippen molar-refractivity contribution in [3.8, 4) is 0 Å². The average Bonchev–Trinajstić information content (AvgIpc) is 2.32. The fourth-order valence-corrected chi connectivity index (χ4v) is 1.84. The Hall–Kier alpha value is -2.01. The molecular weight excluding hydrogens is 266 g/mol. The minimum Gasteiger partial charge on any atom is -0.389 e. The van der Waals surface area contributed by atoms with E-state index in [1.807, 2.05) is 0 Å². The number of halogens is 2. The molecule has 0 spiro atoms. The fourth-order valence-electron chi connectivity index (χ4n) is 1.67. The Morgan fingerprint density at radius 2 is 1.84 bits per heavy atom. The molecule has 2 rings (SSSR count). The largest absolute Gasteiger partial charge is 0.389 e. The second-order valence-electron chi connectivity index (χ2n) is 4.17. The summed E-state index contributed by atoms with van der Waals surface area (Å²) in [5.74, 6) is -0.927. The number of thiocarbonyl (C=S) groups is 1. The van der Waals surface area contributed by atoms with Gasteiger partial charge in [-0.05, 0) is 42.8 Å². The summed E-state index contributed by atoms with van der Waals surface area (Å²) in [6.07, 6.45) is 0. The molecule has 0 amide bonds. The zero-order valence-electron chi connectivity index (χ0n) is 10.2. The van der Waals surface area contributed by atoms with Crippen molar-refractivity contribution in [3.05, 3.63) is 59.2 Å². The van der Waals surface area contributed by atoms with Crippen LogP contribution in [0, 0.1) is 18.6 Å². The van der Waals surface area contributed by atoms with Crippen LogP contribution in [0.1, 0.15) is 11.1 Å². The van der Waals surface area contributed by atoms with Crippen molar-refractivity contribution in [2.24, 2.45) is 5.73 Å². The second-order valence-corrected chi connectivity index (χ2v) is 4.61. The molecule has 19 heavy (non-hydrogen) atoms. The standard InChI is InChI=1S/C14H12F2N2S/c1-8-2-5-13(12(16)6-8)18-9-3-4-10(14(17)19)11(15)7-9/h2-7,18H,1H3,(H2,17,19). The van der Waals surface area contributed by atoms with E-state index < -0.39 is 5.82 Å². The minimum absolute atomic E-state index is 0.00873. The highest BCUT2D eigenvalue weighted by Crippen LogP contribution is 2.22. The zero-order valence-corrected chi connectivity index (χ0v) is 11.0. The van der Waals surface area contributed by atoms with Crippen LogP contribution in [0.4, 0.5) is 20.2 Å². The first-order valence-corrected chi connectivity index (χ1v) is 6.01. The van der Waals surface area contributed by atoms with Gasteiger partial charge in [-0.3, -0.25) is 0 Å². The number of anilines is 2. The van der Waals surface area contributed by atoms with Gasteiger partial charge in [0, 0.05) is 11.3 Å². The summed E-state index contributed by atoms with van der Waals surface area (Å²) in [5.41, 5.74) is 7.07. The molecule has 0 bridgehead atoms. The van der Waals surface area contributed by atoms with Crippen LogP contribution in [0.2, 0.25) is 0 Å². The van der Waals surface area contributed by atoms with Crippen LogP contribution in [0.5, 0.6) is 0 Å². The lowest BCUT2D eigenvalue weighted by atomic mass is 10.1. The fraction of sp³-hybridized carbons (Fsp3) is 0.0714. The van der Waals surface area contributed by atoms with E-state index in [0.29, 0.717) is 5.69 Å². The van der Waals surface area contributed by atoms with Gasteiger partial charge in [-0.1, -0.05) is 18.3 Å². The van der Waals surface area contributed by atoms with E-state index in [0.717, 1.165) is 5.56 Å². The second kappa shape index (κ2) is 5.32. The maximum atomic E-state index is 13.7. The SMILES string of the molecule is Cc1ccc(Nc2ccc(C(N)=S)c(F)c2)c(F)c1. The van der Waals surface area contributed by atoms with Crippen LogP contribution in [-0.4, -0.2) is 4.99 Å². The maximum absolute atomic E-state index is 13.7. The Kier molecular flexibility index (Phi) is 3.76. The summed E-state index contributed by atoms with van der Waals surface area (Å²) in [6.45, 7) is 1.80. The van der Waals surface area contributed by atoms with Crippen LogP contribution in [-0.2, 0) is 0 Å². The molecule has 98 valence electrons. The monoisotopic (exact) mass is 278 g/mol. The zero-order chi connectivity index (χ0) is 14.0. The molecule has 3 N–H and O–H groups in total. The topological polar surface area (TPSA) is 38.0 Å². The van der Waals surface area contributed by atoms with Crippen LogP contribution in [0.3, 0.4) is 0 Å². The lowest BCUT2D eigenvalue weighted by Crippen LogP contribution is -2.11. The van der Waals surface area contributed by atoms with Crippen LogP contribution in [0.25, 0.3) is 0 Å². The molecular formula is C14H12F2N2S. The van der Waals surface area contributed by atoms with Crippen molar-refractivity contribution in [1.29, 1.82) is 0 Å². The van der Waals surface area contributed by atoms with Gasteiger partial charge in [-0.25, -0.2) is 8.78 Å². The minimum atomic E-state index is -0.537. The number of hydrogen-bond acceptors (Lipinski definition) is 2. The van der Waals surface area contributed by atoms with Crippen molar-refractivity contribution in [2.75, 3.05) is 5.32 Å². The van der Waals surface area contributed by atoms with Gasteiger partial charge in [0.2, 0.25) is 0 Å². The Labute approximate surface area is 115 Å². The molecule has 0 saturated carbocycles. The average molecular weight is 278 g/mol. The van der Waals surface area contributed by atoms with Crippen LogP contribution < -0.4 is 11.1 Å². The van der Waals surface area contributed by atoms with Crippen LogP contribution in [0.15, 0.2) is 36.4 Å². The molecule has 0 heterocycles. The van der Waals surface area contributed by atoms with E-state index in [1.165, 1.54) is 18.2 Å². The first-order valence-electron chi connectivity index (χ1n) is 5.60. The molecule has 0 aliphatic heterocycles. The van der Waals surface area contributed by atoms with Gasteiger partial charge in [0.05, 0.1) is 5.69 Å². The molecule has 2 aromatic carbocycles. The summed E-state index contributed by atoms with van der Waals surface area (Å²) in [6, 6.07) is 9.06. The number of nitrogens with one attached hydrogen (secondary N) is 1. The Morgan fingerprint density at radius 1 is 1.11 bits per heavy atom. The van der Waals surface area contributed by atoms with Gasteiger partial charge in [0.15, 0.2) is 0 Å². The summed E-state index contributed by atoms with van der Waals surface area (Å²) in [4.78, 5) is -0.00873. The third-order valence-corrected chi connectivity index (χ3v) is 2.86. The summed E-state index contributed by atoms with van der Waals surface area (Å²) in [7, 11) is 0. The molecule has 0 aromatic heterocycles. The van der Waals surface area contributed by atoms with Gasteiger partial charge >= 0.3 is 0 Å². The molecule has 0 atom stereocenters. The van der Waals surface area contributed by atoms with Crippen molar-refractivity contribution in [3.63, 3.8) is 0 Å². The smallest absolute Gasteiger partial charge is 0.146 e. The third kappa shape index (κ3) is 3.06. The maximum Gasteiger partial charge on any atom is 0.146 e. The summed E-state index contributed by atoms with van der Waals surface area (Å²) >= 11 is 4.72. The molecule has 0 aliphatic rings. The Bertz CT molecular complexity index is 641. The molecule has 5 heteroatoms. The van der Waals surface area contributed by atoms with Crippen molar-refractivity contribution >= 4 is 28.6 Å². The highest BCUT2D eigenvalue weighted by atomic mass is 32.1. The number of benzene rings is 2. The molecule has 0 saturated heterocycles. The van der Waals surface area contributed by atoms with Gasteiger partial charge < -0.3 is 11.1 Å². The summed E-state index contributed by atoms with van der Waals surface area (Å²) < 4.78 is 27.3. The molecule has 0 fully saturated rings. The highest BCUT2D eigenvalue weighted by Gasteiger charge is 2.07. The van der Waals surface area contributed by atoms with E-state index in [2.05, 4.69) is 5.32 Å². The highest BCUT2D eigenvalue weighted by molar-refractivity contribution is 7.80. The van der Waals surface area contributed by atoms with E-state index in [-0.39, 0.29) is 22.1 Å². The normalized spacial score (nSPS) is 10.3. The van der Waals surface area contributed by atoms with Crippen molar-refractivity contribution in [2.45, 2.75) is 6.92 Å². The van der Waals surface area contributed by atoms with E-state index in [4.69, 9.17) is 18.0 Å². The molecule has 0 radical (unpaired) electrons. The van der Waals surface area contributed by atoms with Crippen LogP contribution >= 0.6 is 12.2 Å². The predicted molar refractivity (Wildman–Crippen MR) is 76.7 cm³/mol. The Balaban J connectivity index is 2.29. The van der Waals surface area contributed by atoms with Gasteiger partial charge in [0.25, 0.3) is 0 Å². The predicted octanol–water partition coefficient (Wildman–Crippen LogP) is 3.65. The van der Waals surface area contributed by atoms with E-state index in [1.54, 1.807) is 25.1 Å². The molecule has 2 aromatic rings. The lowest BCUT2D eigenvalue weighted by Gasteiger charge is -2.09. The van der Waals surface area contributed by atoms with Gasteiger partial charge in [-0.15, -0.1) is 0 Å². The molecule has 0 aliphatic carbocycles. The molecule has 2 nitrogen and oxygen atoms in total. The van der Waals surface area contributed by atoms with E-state index in [9.17, 15) is 8.78 Å².